The number of benzene rings is 2. The summed E-state index contributed by atoms with van der Waals surface area (Å²) in [5.74, 6) is 0.188. The molecule has 3 aromatic rings. The molecule has 0 N–H and O–H groups in total. The molecule has 1 heterocycles. The molecule has 0 saturated carbocycles. The third-order valence-electron chi connectivity index (χ3n) is 3.82. The molecule has 0 aliphatic heterocycles. The highest BCUT2D eigenvalue weighted by Gasteiger charge is 2.12. The molecule has 0 atom stereocenters. The molecule has 0 fully saturated rings. The highest BCUT2D eigenvalue weighted by Crippen LogP contribution is 2.33. The van der Waals surface area contributed by atoms with Gasteiger partial charge in [-0.2, -0.15) is 0 Å². The first-order chi connectivity index (χ1) is 12.0. The number of hydrogen-bond donors (Lipinski definition) is 0. The Hall–Kier alpha value is -2.66. The maximum absolute atomic E-state index is 12.8. The molecule has 0 spiro atoms. The molecule has 0 unspecified atom stereocenters. The Kier molecular flexibility index (Phi) is 4.86. The van der Waals surface area contributed by atoms with Crippen LogP contribution in [0.2, 0.25) is 0 Å². The lowest BCUT2D eigenvalue weighted by atomic mass is 10.1. The standard InChI is InChI=1S/C20H18O4S/c1-12(2)20(22)24-11-10-23-15-9-8-13(3)17-18(21)14-6-4-5-7-16(14)25-19(15)17/h4-9H,1,10-11H2,2-3H3. The second-order valence-corrected chi connectivity index (χ2v) is 6.83. The van der Waals surface area contributed by atoms with Gasteiger partial charge in [-0.05, 0) is 37.6 Å². The van der Waals surface area contributed by atoms with E-state index in [4.69, 9.17) is 9.47 Å². The van der Waals surface area contributed by atoms with Gasteiger partial charge in [-0.25, -0.2) is 4.79 Å². The van der Waals surface area contributed by atoms with E-state index in [1.807, 2.05) is 43.3 Å². The fourth-order valence-electron chi connectivity index (χ4n) is 2.56. The van der Waals surface area contributed by atoms with E-state index in [9.17, 15) is 9.59 Å². The smallest absolute Gasteiger partial charge is 0.333 e. The van der Waals surface area contributed by atoms with Crippen molar-refractivity contribution in [3.8, 4) is 5.75 Å². The molecule has 2 aromatic carbocycles. The van der Waals surface area contributed by atoms with E-state index in [-0.39, 0.29) is 18.6 Å². The Balaban J connectivity index is 1.94. The number of esters is 1. The molecule has 0 radical (unpaired) electrons. The lowest BCUT2D eigenvalue weighted by Gasteiger charge is -2.11. The highest BCUT2D eigenvalue weighted by atomic mass is 32.1. The molecular weight excluding hydrogens is 336 g/mol. The van der Waals surface area contributed by atoms with Gasteiger partial charge < -0.3 is 9.47 Å². The van der Waals surface area contributed by atoms with E-state index in [1.165, 1.54) is 11.3 Å². The third-order valence-corrected chi connectivity index (χ3v) is 5.01. The molecule has 5 heteroatoms. The SMILES string of the molecule is C=C(C)C(=O)OCCOc1ccc(C)c2c(=O)c3ccccc3sc12. The topological polar surface area (TPSA) is 52.6 Å². The Bertz CT molecular complexity index is 1030. The molecule has 3 rings (SSSR count). The van der Waals surface area contributed by atoms with Crippen molar-refractivity contribution in [2.45, 2.75) is 13.8 Å². The number of hydrogen-bond acceptors (Lipinski definition) is 5. The summed E-state index contributed by atoms with van der Waals surface area (Å²) in [7, 11) is 0. The lowest BCUT2D eigenvalue weighted by molar-refractivity contribution is -0.139. The van der Waals surface area contributed by atoms with Crippen LogP contribution in [0.25, 0.3) is 20.2 Å². The van der Waals surface area contributed by atoms with Gasteiger partial charge in [-0.15, -0.1) is 11.3 Å². The quantitative estimate of drug-likeness (QED) is 0.298. The van der Waals surface area contributed by atoms with Crippen molar-refractivity contribution in [1.29, 1.82) is 0 Å². The van der Waals surface area contributed by atoms with Crippen molar-refractivity contribution >= 4 is 37.5 Å². The molecule has 25 heavy (non-hydrogen) atoms. The Morgan fingerprint density at radius 2 is 1.92 bits per heavy atom. The second kappa shape index (κ2) is 7.07. The summed E-state index contributed by atoms with van der Waals surface area (Å²) in [5.41, 5.74) is 1.29. The maximum Gasteiger partial charge on any atom is 0.333 e. The average Bonchev–Trinajstić information content (AvgIpc) is 2.60. The number of carbonyl (C=O) groups is 1. The van der Waals surface area contributed by atoms with Crippen LogP contribution in [0.3, 0.4) is 0 Å². The third kappa shape index (κ3) is 3.42. The van der Waals surface area contributed by atoms with Crippen molar-refractivity contribution in [1.82, 2.24) is 0 Å². The summed E-state index contributed by atoms with van der Waals surface area (Å²) in [6.07, 6.45) is 0. The maximum atomic E-state index is 12.8. The fraction of sp³-hybridized carbons (Fsp3) is 0.200. The van der Waals surface area contributed by atoms with Gasteiger partial charge in [0, 0.05) is 21.0 Å². The largest absolute Gasteiger partial charge is 0.489 e. The monoisotopic (exact) mass is 354 g/mol. The second-order valence-electron chi connectivity index (χ2n) is 5.78. The number of aryl methyl sites for hydroxylation is 1. The van der Waals surface area contributed by atoms with Crippen LogP contribution < -0.4 is 10.2 Å². The first-order valence-electron chi connectivity index (χ1n) is 7.89. The van der Waals surface area contributed by atoms with E-state index in [0.29, 0.717) is 16.7 Å². The van der Waals surface area contributed by atoms with Crippen LogP contribution in [0.1, 0.15) is 12.5 Å². The predicted octanol–water partition coefficient (Wildman–Crippen LogP) is 4.22. The molecule has 0 aliphatic carbocycles. The minimum absolute atomic E-state index is 0.0148. The molecule has 4 nitrogen and oxygen atoms in total. The summed E-state index contributed by atoms with van der Waals surface area (Å²) in [6, 6.07) is 11.3. The van der Waals surface area contributed by atoms with Gasteiger partial charge in [0.1, 0.15) is 19.0 Å². The normalized spacial score (nSPS) is 10.8. The minimum atomic E-state index is -0.437. The number of carbonyl (C=O) groups excluding carboxylic acids is 1. The van der Waals surface area contributed by atoms with Crippen LogP contribution >= 0.6 is 11.3 Å². The van der Waals surface area contributed by atoms with E-state index in [0.717, 1.165) is 20.3 Å². The van der Waals surface area contributed by atoms with Crippen LogP contribution in [-0.2, 0) is 9.53 Å². The van der Waals surface area contributed by atoms with Gasteiger partial charge in [0.2, 0.25) is 0 Å². The van der Waals surface area contributed by atoms with E-state index >= 15 is 0 Å². The van der Waals surface area contributed by atoms with Crippen LogP contribution in [-0.4, -0.2) is 19.2 Å². The van der Waals surface area contributed by atoms with Crippen LogP contribution in [0.15, 0.2) is 53.3 Å². The average molecular weight is 354 g/mol. The zero-order valence-corrected chi connectivity index (χ0v) is 14.9. The fourth-order valence-corrected chi connectivity index (χ4v) is 3.78. The van der Waals surface area contributed by atoms with Crippen LogP contribution in [0, 0.1) is 6.92 Å². The van der Waals surface area contributed by atoms with Gasteiger partial charge in [0.15, 0.2) is 5.43 Å². The van der Waals surface area contributed by atoms with Gasteiger partial charge in [-0.3, -0.25) is 4.79 Å². The summed E-state index contributed by atoms with van der Waals surface area (Å²) in [6.45, 7) is 7.39. The molecule has 0 bridgehead atoms. The van der Waals surface area contributed by atoms with Crippen molar-refractivity contribution in [2.24, 2.45) is 0 Å². The Morgan fingerprint density at radius 1 is 1.16 bits per heavy atom. The van der Waals surface area contributed by atoms with Gasteiger partial charge in [0.25, 0.3) is 0 Å². The number of fused-ring (bicyclic) bond motifs is 2. The molecule has 1 aromatic heterocycles. The van der Waals surface area contributed by atoms with E-state index < -0.39 is 5.97 Å². The highest BCUT2D eigenvalue weighted by molar-refractivity contribution is 7.24. The molecular formula is C20H18O4S. The van der Waals surface area contributed by atoms with E-state index in [1.54, 1.807) is 6.92 Å². The first-order valence-corrected chi connectivity index (χ1v) is 8.71. The zero-order valence-electron chi connectivity index (χ0n) is 14.1. The molecule has 0 amide bonds. The molecule has 0 saturated heterocycles. The van der Waals surface area contributed by atoms with Crippen LogP contribution in [0.4, 0.5) is 0 Å². The van der Waals surface area contributed by atoms with Crippen molar-refractivity contribution in [2.75, 3.05) is 13.2 Å². The van der Waals surface area contributed by atoms with Gasteiger partial charge in [-0.1, -0.05) is 24.8 Å². The predicted molar refractivity (Wildman–Crippen MR) is 102 cm³/mol. The summed E-state index contributed by atoms with van der Waals surface area (Å²) >= 11 is 1.53. The Morgan fingerprint density at radius 3 is 2.68 bits per heavy atom. The summed E-state index contributed by atoms with van der Waals surface area (Å²) in [5, 5.41) is 1.40. The minimum Gasteiger partial charge on any atom is -0.489 e. The molecule has 128 valence electrons. The summed E-state index contributed by atoms with van der Waals surface area (Å²) in [4.78, 5) is 24.2. The number of ether oxygens (including phenoxy) is 2. The van der Waals surface area contributed by atoms with Crippen molar-refractivity contribution in [3.63, 3.8) is 0 Å². The van der Waals surface area contributed by atoms with Gasteiger partial charge >= 0.3 is 5.97 Å². The summed E-state index contributed by atoms with van der Waals surface area (Å²) < 4.78 is 12.5. The van der Waals surface area contributed by atoms with Gasteiger partial charge in [0.05, 0.1) is 4.70 Å². The van der Waals surface area contributed by atoms with E-state index in [2.05, 4.69) is 6.58 Å². The molecule has 0 aliphatic rings. The lowest BCUT2D eigenvalue weighted by Crippen LogP contribution is -2.13. The van der Waals surface area contributed by atoms with Crippen LogP contribution in [0.5, 0.6) is 5.75 Å². The number of rotatable bonds is 5. The van der Waals surface area contributed by atoms with Crippen molar-refractivity contribution < 1.29 is 14.3 Å². The van der Waals surface area contributed by atoms with Crippen molar-refractivity contribution in [3.05, 3.63) is 64.3 Å². The Labute approximate surface area is 149 Å². The first kappa shape index (κ1) is 17.2. The zero-order chi connectivity index (χ0) is 18.0.